The number of rotatable bonds is 7. The number of fused-ring (bicyclic) bond motifs is 1. The summed E-state index contributed by atoms with van der Waals surface area (Å²) in [6.07, 6.45) is 0.847. The molecule has 7 heteroatoms. The molecule has 0 bridgehead atoms. The Morgan fingerprint density at radius 2 is 1.88 bits per heavy atom. The van der Waals surface area contributed by atoms with Gasteiger partial charge < -0.3 is 20.8 Å². The van der Waals surface area contributed by atoms with E-state index in [0.717, 1.165) is 16.9 Å². The number of aromatic nitrogens is 2. The molecular formula is C18H18N4O3. The summed E-state index contributed by atoms with van der Waals surface area (Å²) in [6, 6.07) is 14.5. The van der Waals surface area contributed by atoms with Gasteiger partial charge in [0.1, 0.15) is 11.6 Å². The molecular weight excluding hydrogens is 320 g/mol. The Kier molecular flexibility index (Phi) is 4.94. The minimum atomic E-state index is -0.539. The van der Waals surface area contributed by atoms with Crippen molar-refractivity contribution in [3.05, 3.63) is 54.4 Å². The molecule has 1 aromatic heterocycles. The zero-order valence-corrected chi connectivity index (χ0v) is 13.5. The molecule has 0 aliphatic rings. The summed E-state index contributed by atoms with van der Waals surface area (Å²) >= 11 is 0. The van der Waals surface area contributed by atoms with Crippen molar-refractivity contribution in [2.75, 3.05) is 11.9 Å². The number of benzene rings is 2. The Balaban J connectivity index is 1.51. The van der Waals surface area contributed by atoms with Crippen molar-refractivity contribution in [1.82, 2.24) is 9.97 Å². The number of nitrogens with two attached hydrogens (primary N) is 1. The summed E-state index contributed by atoms with van der Waals surface area (Å²) in [5.74, 6) is 0.653. The maximum Gasteiger partial charge on any atom is 0.255 e. The van der Waals surface area contributed by atoms with E-state index in [-0.39, 0.29) is 12.5 Å². The van der Waals surface area contributed by atoms with Gasteiger partial charge in [-0.05, 0) is 36.4 Å². The van der Waals surface area contributed by atoms with E-state index < -0.39 is 5.91 Å². The fourth-order valence-corrected chi connectivity index (χ4v) is 2.37. The van der Waals surface area contributed by atoms with Crippen LogP contribution in [-0.2, 0) is 16.0 Å². The molecule has 1 heterocycles. The molecule has 0 fully saturated rings. The Morgan fingerprint density at radius 3 is 2.60 bits per heavy atom. The number of nitrogens with zero attached hydrogens (tertiary/aromatic N) is 1. The van der Waals surface area contributed by atoms with E-state index >= 15 is 0 Å². The van der Waals surface area contributed by atoms with E-state index in [1.165, 1.54) is 0 Å². The molecule has 0 unspecified atom stereocenters. The van der Waals surface area contributed by atoms with Gasteiger partial charge in [0.05, 0.1) is 11.0 Å². The number of imidazole rings is 1. The highest BCUT2D eigenvalue weighted by Gasteiger charge is 2.07. The third-order valence-electron chi connectivity index (χ3n) is 3.55. The average Bonchev–Trinajstić information content (AvgIpc) is 3.02. The fourth-order valence-electron chi connectivity index (χ4n) is 2.37. The standard InChI is InChI=1S/C18H18N4O3/c19-16(23)11-25-13-7-5-12(6-8-13)20-18(24)10-9-17-21-14-3-1-2-4-15(14)22-17/h1-8H,9-11H2,(H2,19,23)(H,20,24)(H,21,22). The van der Waals surface area contributed by atoms with Crippen LogP contribution in [0, 0.1) is 0 Å². The van der Waals surface area contributed by atoms with Crippen molar-refractivity contribution in [2.24, 2.45) is 5.73 Å². The van der Waals surface area contributed by atoms with Gasteiger partial charge in [0.25, 0.3) is 5.91 Å². The van der Waals surface area contributed by atoms with Crippen LogP contribution in [0.1, 0.15) is 12.2 Å². The number of hydrogen-bond donors (Lipinski definition) is 3. The summed E-state index contributed by atoms with van der Waals surface area (Å²) in [7, 11) is 0. The first-order valence-corrected chi connectivity index (χ1v) is 7.85. The van der Waals surface area contributed by atoms with Gasteiger partial charge in [-0.3, -0.25) is 9.59 Å². The topological polar surface area (TPSA) is 110 Å². The first kappa shape index (κ1) is 16.5. The minimum absolute atomic E-state index is 0.105. The van der Waals surface area contributed by atoms with Crippen molar-refractivity contribution < 1.29 is 14.3 Å². The van der Waals surface area contributed by atoms with Crippen LogP contribution in [0.2, 0.25) is 0 Å². The van der Waals surface area contributed by atoms with Crippen LogP contribution in [0.15, 0.2) is 48.5 Å². The van der Waals surface area contributed by atoms with Crippen molar-refractivity contribution in [3.8, 4) is 5.75 Å². The molecule has 3 aromatic rings. The van der Waals surface area contributed by atoms with Crippen molar-refractivity contribution in [1.29, 1.82) is 0 Å². The lowest BCUT2D eigenvalue weighted by Gasteiger charge is -2.07. The number of hydrogen-bond acceptors (Lipinski definition) is 4. The number of nitrogens with one attached hydrogen (secondary N) is 2. The first-order chi connectivity index (χ1) is 12.1. The number of H-pyrrole nitrogens is 1. The monoisotopic (exact) mass is 338 g/mol. The number of aryl methyl sites for hydroxylation is 1. The first-order valence-electron chi connectivity index (χ1n) is 7.85. The Hall–Kier alpha value is -3.35. The molecule has 0 aliphatic heterocycles. The van der Waals surface area contributed by atoms with E-state index in [9.17, 15) is 9.59 Å². The van der Waals surface area contributed by atoms with E-state index in [1.54, 1.807) is 24.3 Å². The summed E-state index contributed by atoms with van der Waals surface area (Å²) < 4.78 is 5.16. The van der Waals surface area contributed by atoms with Crippen LogP contribution in [0.4, 0.5) is 5.69 Å². The molecule has 2 aromatic carbocycles. The second-order valence-corrected chi connectivity index (χ2v) is 5.53. The number of ether oxygens (including phenoxy) is 1. The summed E-state index contributed by atoms with van der Waals surface area (Å²) in [5, 5.41) is 2.81. The van der Waals surface area contributed by atoms with Gasteiger partial charge in [0.2, 0.25) is 5.91 Å². The number of carbonyl (C=O) groups is 2. The zero-order chi connectivity index (χ0) is 17.6. The van der Waals surface area contributed by atoms with Crippen LogP contribution in [-0.4, -0.2) is 28.4 Å². The van der Waals surface area contributed by atoms with Crippen molar-refractivity contribution in [3.63, 3.8) is 0 Å². The highest BCUT2D eigenvalue weighted by Crippen LogP contribution is 2.16. The lowest BCUT2D eigenvalue weighted by Crippen LogP contribution is -2.20. The number of primary amides is 1. The van der Waals surface area contributed by atoms with Crippen LogP contribution in [0.5, 0.6) is 5.75 Å². The molecule has 0 spiro atoms. The quantitative estimate of drug-likeness (QED) is 0.612. The second-order valence-electron chi connectivity index (χ2n) is 5.53. The third kappa shape index (κ3) is 4.57. The summed E-state index contributed by atoms with van der Waals surface area (Å²) in [6.45, 7) is -0.177. The van der Waals surface area contributed by atoms with Gasteiger partial charge in [-0.2, -0.15) is 0 Å². The van der Waals surface area contributed by atoms with Gasteiger partial charge in [0, 0.05) is 18.5 Å². The van der Waals surface area contributed by atoms with E-state index in [2.05, 4.69) is 15.3 Å². The maximum atomic E-state index is 12.1. The lowest BCUT2D eigenvalue weighted by atomic mass is 10.2. The lowest BCUT2D eigenvalue weighted by molar-refractivity contribution is -0.120. The number of aromatic amines is 1. The van der Waals surface area contributed by atoms with Crippen molar-refractivity contribution in [2.45, 2.75) is 12.8 Å². The smallest absolute Gasteiger partial charge is 0.255 e. The zero-order valence-electron chi connectivity index (χ0n) is 13.5. The van der Waals surface area contributed by atoms with Crippen LogP contribution in [0.25, 0.3) is 11.0 Å². The van der Waals surface area contributed by atoms with Crippen LogP contribution < -0.4 is 15.8 Å². The second kappa shape index (κ2) is 7.48. The van der Waals surface area contributed by atoms with E-state index in [4.69, 9.17) is 10.5 Å². The molecule has 0 atom stereocenters. The average molecular weight is 338 g/mol. The molecule has 3 rings (SSSR count). The molecule has 7 nitrogen and oxygen atoms in total. The number of para-hydroxylation sites is 2. The number of carbonyl (C=O) groups excluding carboxylic acids is 2. The third-order valence-corrected chi connectivity index (χ3v) is 3.55. The Bertz CT molecular complexity index is 854. The highest BCUT2D eigenvalue weighted by atomic mass is 16.5. The molecule has 0 saturated carbocycles. The molecule has 128 valence electrons. The predicted molar refractivity (Wildman–Crippen MR) is 94.2 cm³/mol. The largest absolute Gasteiger partial charge is 0.484 e. The minimum Gasteiger partial charge on any atom is -0.484 e. The van der Waals surface area contributed by atoms with Gasteiger partial charge in [-0.1, -0.05) is 12.1 Å². The Labute approximate surface area is 144 Å². The van der Waals surface area contributed by atoms with Gasteiger partial charge in [-0.15, -0.1) is 0 Å². The summed E-state index contributed by atoms with van der Waals surface area (Å²) in [4.78, 5) is 30.4. The Morgan fingerprint density at radius 1 is 1.12 bits per heavy atom. The van der Waals surface area contributed by atoms with Crippen molar-refractivity contribution >= 4 is 28.5 Å². The number of amides is 2. The predicted octanol–water partition coefficient (Wildman–Crippen LogP) is 2.00. The van der Waals surface area contributed by atoms with Gasteiger partial charge in [0.15, 0.2) is 6.61 Å². The molecule has 0 radical (unpaired) electrons. The van der Waals surface area contributed by atoms with Gasteiger partial charge in [-0.25, -0.2) is 4.98 Å². The number of anilines is 1. The highest BCUT2D eigenvalue weighted by molar-refractivity contribution is 5.90. The van der Waals surface area contributed by atoms with Crippen LogP contribution >= 0.6 is 0 Å². The molecule has 0 aliphatic carbocycles. The van der Waals surface area contributed by atoms with E-state index in [0.29, 0.717) is 24.3 Å². The summed E-state index contributed by atoms with van der Waals surface area (Å²) in [5.41, 5.74) is 7.52. The normalized spacial score (nSPS) is 10.6. The maximum absolute atomic E-state index is 12.1. The molecule has 2 amide bonds. The van der Waals surface area contributed by atoms with Gasteiger partial charge >= 0.3 is 0 Å². The van der Waals surface area contributed by atoms with Crippen LogP contribution in [0.3, 0.4) is 0 Å². The molecule has 25 heavy (non-hydrogen) atoms. The SMILES string of the molecule is NC(=O)COc1ccc(NC(=O)CCc2nc3ccccc3[nH]2)cc1. The molecule has 4 N–H and O–H groups in total. The van der Waals surface area contributed by atoms with E-state index in [1.807, 2.05) is 24.3 Å². The fraction of sp³-hybridized carbons (Fsp3) is 0.167. The molecule has 0 saturated heterocycles.